The van der Waals surface area contributed by atoms with Crippen LogP contribution in [0.5, 0.6) is 0 Å². The van der Waals surface area contributed by atoms with E-state index in [1.807, 2.05) is 0 Å². The van der Waals surface area contributed by atoms with Gasteiger partial charge in [-0.05, 0) is 0 Å². The number of hydrogen-bond acceptors (Lipinski definition) is 0. The first-order chi connectivity index (χ1) is 21.4. The molecular formula is C42H52Cl3SiTi. The zero-order valence-corrected chi connectivity index (χ0v) is 34.1. The van der Waals surface area contributed by atoms with Crippen LogP contribution in [0.4, 0.5) is 0 Å². The Bertz CT molecular complexity index is 1490. The third-order valence-electron chi connectivity index (χ3n) is 9.73. The quantitative estimate of drug-likeness (QED) is 0.100. The van der Waals surface area contributed by atoms with Crippen molar-refractivity contribution in [2.45, 2.75) is 92.9 Å². The van der Waals surface area contributed by atoms with E-state index in [2.05, 4.69) is 153 Å². The predicted octanol–water partition coefficient (Wildman–Crippen LogP) is 9.71. The number of aryl methyl sites for hydroxylation is 6. The van der Waals surface area contributed by atoms with Gasteiger partial charge in [0.2, 0.25) is 0 Å². The topological polar surface area (TPSA) is 0 Å². The van der Waals surface area contributed by atoms with E-state index < -0.39 is 8.07 Å². The molecular weight excluding hydrogens is 687 g/mol. The fraction of sp³-hybridized carbons (Fsp3) is 0.333. The Morgan fingerprint density at radius 3 is 1.15 bits per heavy atom. The molecule has 0 radical (unpaired) electrons. The molecule has 0 N–H and O–H groups in total. The summed E-state index contributed by atoms with van der Waals surface area (Å²) < 4.78 is 1.54. The van der Waals surface area contributed by atoms with Crippen molar-refractivity contribution >= 4 is 60.9 Å². The molecule has 0 spiro atoms. The summed E-state index contributed by atoms with van der Waals surface area (Å²) in [5, 5.41) is 6.31. The maximum Gasteiger partial charge on any atom is -0.147 e. The van der Waals surface area contributed by atoms with E-state index in [0.717, 1.165) is 51.4 Å². The van der Waals surface area contributed by atoms with Crippen LogP contribution in [0.2, 0.25) is 0 Å². The zero-order chi connectivity index (χ0) is 31.3. The van der Waals surface area contributed by atoms with Gasteiger partial charge in [-0.25, -0.2) is 0 Å². The molecule has 5 heteroatoms. The molecule has 4 aromatic carbocycles. The second-order valence-electron chi connectivity index (χ2n) is 12.4. The summed E-state index contributed by atoms with van der Waals surface area (Å²) in [6.07, 6.45) is 11.0. The van der Waals surface area contributed by atoms with Gasteiger partial charge in [-0.15, -0.1) is 37.2 Å². The van der Waals surface area contributed by atoms with Crippen LogP contribution in [0.25, 0.3) is 0 Å². The van der Waals surface area contributed by atoms with Crippen molar-refractivity contribution < 1.29 is 20.4 Å². The average molecular weight is 739 g/mol. The standard InChI is InChI=1S/C42H49Si.3ClH.Ti/c1-7-31-21-32(8-2)26-39(25-31)43(40-27-33(9-3)22-34(10-4)28-40,41-29-35(11-5)23-36(12-6)30-41)42-20-16-19-38(42)24-37-17-14-13-15-18-37;;;;/h13-15,17-18,20-23,25-30H,7-12,16,24H2,1-6H3;3*1H;. The Hall–Kier alpha value is -1.84. The normalized spacial score (nSPS) is 12.6. The van der Waals surface area contributed by atoms with Crippen LogP contribution in [0, 0.1) is 0 Å². The van der Waals surface area contributed by atoms with Gasteiger partial charge in [-0.3, -0.25) is 0 Å². The molecule has 5 rings (SSSR count). The van der Waals surface area contributed by atoms with Crippen LogP contribution in [0.3, 0.4) is 0 Å². The van der Waals surface area contributed by atoms with Crippen molar-refractivity contribution in [1.29, 1.82) is 0 Å². The first-order valence-corrected chi connectivity index (χ1v) is 19.8. The second kappa shape index (κ2) is 18.8. The van der Waals surface area contributed by atoms with E-state index in [1.54, 1.807) is 26.3 Å². The summed E-state index contributed by atoms with van der Waals surface area (Å²) in [6.45, 7) is 13.9. The minimum atomic E-state index is -2.73. The monoisotopic (exact) mass is 737 g/mol. The van der Waals surface area contributed by atoms with E-state index in [9.17, 15) is 0 Å². The van der Waals surface area contributed by atoms with Crippen LogP contribution < -0.4 is 15.6 Å². The van der Waals surface area contributed by atoms with Gasteiger partial charge in [-0.2, -0.15) is 0 Å². The molecule has 0 fully saturated rings. The van der Waals surface area contributed by atoms with Gasteiger partial charge in [0.25, 0.3) is 0 Å². The predicted molar refractivity (Wildman–Crippen MR) is 212 cm³/mol. The van der Waals surface area contributed by atoms with Gasteiger partial charge < -0.3 is 0 Å². The van der Waals surface area contributed by atoms with Gasteiger partial charge in [0.05, 0.1) is 0 Å². The molecule has 0 amide bonds. The summed E-state index contributed by atoms with van der Waals surface area (Å²) in [4.78, 5) is 0. The van der Waals surface area contributed by atoms with E-state index in [-0.39, 0.29) is 37.2 Å². The Labute approximate surface area is 316 Å². The number of allylic oxidation sites excluding steroid dienone is 4. The number of benzene rings is 4. The van der Waals surface area contributed by atoms with Crippen LogP contribution in [0.15, 0.2) is 106 Å². The summed E-state index contributed by atoms with van der Waals surface area (Å²) in [5.74, 6) is 0. The van der Waals surface area contributed by atoms with Crippen LogP contribution in [-0.2, 0) is 65.4 Å². The van der Waals surface area contributed by atoms with E-state index in [0.29, 0.717) is 0 Å². The molecule has 0 aliphatic heterocycles. The molecule has 1 aliphatic carbocycles. The van der Waals surface area contributed by atoms with Crippen molar-refractivity contribution in [3.05, 3.63) is 145 Å². The van der Waals surface area contributed by atoms with Gasteiger partial charge in [-0.1, -0.05) is 0 Å². The Kier molecular flexibility index (Phi) is 16.5. The molecule has 47 heavy (non-hydrogen) atoms. The first-order valence-electron chi connectivity index (χ1n) is 17.0. The smallest absolute Gasteiger partial charge is 0.147 e. The molecule has 0 saturated carbocycles. The molecule has 0 saturated heterocycles. The van der Waals surface area contributed by atoms with Crippen molar-refractivity contribution in [1.82, 2.24) is 0 Å². The number of halogens is 3. The fourth-order valence-corrected chi connectivity index (χ4v) is 13.3. The van der Waals surface area contributed by atoms with Crippen molar-refractivity contribution in [2.75, 3.05) is 0 Å². The molecule has 4 aromatic rings. The SMILES string of the molecule is CCc1cc(CC)cc([Si](C2=CC[C]([Ti])=C2Cc2ccccc2)(c2cc(CC)cc(CC)c2)c2cc(CC)cc(CC)c2)c1.Cl.Cl.Cl. The van der Waals surface area contributed by atoms with Gasteiger partial charge in [0, 0.05) is 0 Å². The minimum absolute atomic E-state index is 0. The molecule has 0 aromatic heterocycles. The zero-order valence-electron chi connectivity index (χ0n) is 29.0. The molecule has 0 unspecified atom stereocenters. The van der Waals surface area contributed by atoms with Crippen molar-refractivity contribution in [3.63, 3.8) is 0 Å². The summed E-state index contributed by atoms with van der Waals surface area (Å²) >= 11 is 2.39. The molecule has 0 heterocycles. The molecule has 1 aliphatic rings. The van der Waals surface area contributed by atoms with E-state index >= 15 is 0 Å². The average Bonchev–Trinajstić information content (AvgIpc) is 3.44. The summed E-state index contributed by atoms with van der Waals surface area (Å²) in [5.41, 5.74) is 11.8. The fourth-order valence-electron chi connectivity index (χ4n) is 7.12. The minimum Gasteiger partial charge on any atom is -0.147 e. The third kappa shape index (κ3) is 8.67. The molecule has 0 bridgehead atoms. The maximum absolute atomic E-state index is 2.73. The van der Waals surface area contributed by atoms with Crippen molar-refractivity contribution in [3.8, 4) is 0 Å². The van der Waals surface area contributed by atoms with Gasteiger partial charge in [0.1, 0.15) is 0 Å². The number of hydrogen-bond donors (Lipinski definition) is 0. The molecule has 0 nitrogen and oxygen atoms in total. The summed E-state index contributed by atoms with van der Waals surface area (Å²) in [7, 11) is -2.73. The molecule has 0 atom stereocenters. The van der Waals surface area contributed by atoms with Gasteiger partial charge in [0.15, 0.2) is 0 Å². The Balaban J connectivity index is 0.00000256. The summed E-state index contributed by atoms with van der Waals surface area (Å²) in [6, 6.07) is 34.2. The molecule has 249 valence electrons. The van der Waals surface area contributed by atoms with E-state index in [4.69, 9.17) is 0 Å². The second-order valence-corrected chi connectivity index (χ2v) is 17.1. The number of rotatable bonds is 12. The van der Waals surface area contributed by atoms with E-state index in [1.165, 1.54) is 42.8 Å². The van der Waals surface area contributed by atoms with Crippen LogP contribution in [-0.4, -0.2) is 8.07 Å². The maximum atomic E-state index is 2.65. The Morgan fingerprint density at radius 2 is 0.830 bits per heavy atom. The van der Waals surface area contributed by atoms with Crippen LogP contribution in [0.1, 0.15) is 86.9 Å². The largest absolute Gasteiger partial charge is 0.147 e. The first kappa shape index (κ1) is 41.3. The Morgan fingerprint density at radius 1 is 0.489 bits per heavy atom. The van der Waals surface area contributed by atoms with Gasteiger partial charge >= 0.3 is 282 Å². The van der Waals surface area contributed by atoms with Crippen molar-refractivity contribution in [2.24, 2.45) is 0 Å². The third-order valence-corrected chi connectivity index (χ3v) is 15.3. The van der Waals surface area contributed by atoms with Crippen LogP contribution >= 0.6 is 37.2 Å².